The van der Waals surface area contributed by atoms with E-state index in [2.05, 4.69) is 101 Å². The van der Waals surface area contributed by atoms with Crippen LogP contribution in [0.3, 0.4) is 0 Å². The fourth-order valence-corrected chi connectivity index (χ4v) is 18.4. The van der Waals surface area contributed by atoms with Crippen molar-refractivity contribution in [3.8, 4) is 0 Å². The van der Waals surface area contributed by atoms with Gasteiger partial charge in [0, 0.05) is 0 Å². The molecule has 0 saturated carbocycles. The van der Waals surface area contributed by atoms with Crippen LogP contribution in [0.1, 0.15) is 13.8 Å². The van der Waals surface area contributed by atoms with E-state index in [1.54, 1.807) is 0 Å². The highest BCUT2D eigenvalue weighted by atomic mass is 127. The van der Waals surface area contributed by atoms with Crippen LogP contribution in [-0.4, -0.2) is 5.17 Å². The van der Waals surface area contributed by atoms with Gasteiger partial charge in [-0.25, -0.2) is 0 Å². The first-order valence-electron chi connectivity index (χ1n) is 3.13. The van der Waals surface area contributed by atoms with Crippen LogP contribution in [0.2, 0.25) is 12.1 Å². The van der Waals surface area contributed by atoms with E-state index in [0.717, 1.165) is 0 Å². The zero-order chi connectivity index (χ0) is 8.41. The molecule has 0 heterocycles. The van der Waals surface area contributed by atoms with Crippen LogP contribution < -0.4 is 0 Å². The van der Waals surface area contributed by atoms with Gasteiger partial charge in [0.1, 0.15) is 0 Å². The van der Waals surface area contributed by atoms with E-state index in [4.69, 9.17) is 0 Å². The molecule has 0 aromatic carbocycles. The molecule has 6 heteroatoms. The van der Waals surface area contributed by atoms with Crippen LogP contribution in [0.25, 0.3) is 0 Å². The van der Waals surface area contributed by atoms with Crippen molar-refractivity contribution in [1.82, 2.24) is 0 Å². The highest BCUT2D eigenvalue weighted by Crippen LogP contribution is 2.46. The summed E-state index contributed by atoms with van der Waals surface area (Å²) in [6.07, 6.45) is 0. The predicted molar refractivity (Wildman–Crippen MR) is 88.6 cm³/mol. The summed E-state index contributed by atoms with van der Waals surface area (Å²) < 4.78 is -1.71. The van der Waals surface area contributed by atoms with Crippen LogP contribution in [0, 0.1) is 0 Å². The van der Waals surface area contributed by atoms with E-state index in [0.29, 0.717) is 0 Å². The van der Waals surface area contributed by atoms with Crippen molar-refractivity contribution in [3.05, 3.63) is 0 Å². The third-order valence-electron chi connectivity index (χ3n) is 1.42. The summed E-state index contributed by atoms with van der Waals surface area (Å²) in [5, 5.41) is 0. The molecule has 0 spiro atoms. The minimum Gasteiger partial charge on any atom is -0.106 e. The Balaban J connectivity index is 4.28. The summed E-state index contributed by atoms with van der Waals surface area (Å²) in [5.74, 6) is 0. The average Bonchev–Trinajstić information content (AvgIpc) is 1.88. The Morgan fingerprint density at radius 3 is 1.10 bits per heavy atom. The SMILES string of the molecule is CC[Si](I)(I)[Si](I)(I)CC. The first kappa shape index (κ1) is 13.4. The number of halogens is 4. The maximum Gasteiger partial charge on any atom is 0.205 e. The van der Waals surface area contributed by atoms with Gasteiger partial charge in [-0.3, -0.25) is 0 Å². The smallest absolute Gasteiger partial charge is 0.106 e. The van der Waals surface area contributed by atoms with E-state index in [-0.39, 0.29) is 0 Å². The van der Waals surface area contributed by atoms with Crippen LogP contribution >= 0.6 is 87.2 Å². The van der Waals surface area contributed by atoms with Gasteiger partial charge in [0.25, 0.3) is 0 Å². The van der Waals surface area contributed by atoms with Gasteiger partial charge in [-0.05, 0) is 12.1 Å². The third-order valence-corrected chi connectivity index (χ3v) is 89.1. The van der Waals surface area contributed by atoms with Gasteiger partial charge in [0.2, 0.25) is 5.17 Å². The third kappa shape index (κ3) is 3.61. The molecular formula is C4H10I4Si2. The molecule has 0 bridgehead atoms. The molecule has 0 nitrogen and oxygen atoms in total. The second kappa shape index (κ2) is 5.29. The van der Waals surface area contributed by atoms with Crippen molar-refractivity contribution in [2.24, 2.45) is 0 Å². The quantitative estimate of drug-likeness (QED) is 0.243. The van der Waals surface area contributed by atoms with Crippen molar-refractivity contribution in [3.63, 3.8) is 0 Å². The Morgan fingerprint density at radius 1 is 0.800 bits per heavy atom. The van der Waals surface area contributed by atoms with E-state index < -0.39 is 5.17 Å². The van der Waals surface area contributed by atoms with Gasteiger partial charge < -0.3 is 0 Å². The van der Waals surface area contributed by atoms with E-state index in [9.17, 15) is 0 Å². The molecule has 0 radical (unpaired) electrons. The molecule has 0 aromatic heterocycles. The molecule has 10 heavy (non-hydrogen) atoms. The fourth-order valence-electron chi connectivity index (χ4n) is 0.517. The summed E-state index contributed by atoms with van der Waals surface area (Å²) in [6, 6.07) is 2.86. The lowest BCUT2D eigenvalue weighted by Gasteiger charge is -2.28. The van der Waals surface area contributed by atoms with Gasteiger partial charge in [-0.1, -0.05) is 13.8 Å². The van der Waals surface area contributed by atoms with Crippen molar-refractivity contribution in [1.29, 1.82) is 0 Å². The molecule has 0 rings (SSSR count). The molecule has 62 valence electrons. The van der Waals surface area contributed by atoms with Crippen LogP contribution in [0.4, 0.5) is 0 Å². The fraction of sp³-hybridized carbons (Fsp3) is 1.00. The Hall–Kier alpha value is 3.35. The summed E-state index contributed by atoms with van der Waals surface area (Å²) in [6.45, 7) is 4.69. The lowest BCUT2D eigenvalue weighted by molar-refractivity contribution is 1.44. The molecule has 0 N–H and O–H groups in total. The average molecular weight is 622 g/mol. The standard InChI is InChI=1S/C4H10I4Si2/c1-3-9(5,6)10(7,8)4-2/h3-4H2,1-2H3. The zero-order valence-corrected chi connectivity index (χ0v) is 16.6. The normalized spacial score (nSPS) is 13.8. The second-order valence-electron chi connectivity index (χ2n) is 2.12. The Labute approximate surface area is 116 Å². The monoisotopic (exact) mass is 622 g/mol. The maximum atomic E-state index is 2.75. The Kier molecular flexibility index (Phi) is 7.06. The Morgan fingerprint density at radius 2 is 1.00 bits per heavy atom. The largest absolute Gasteiger partial charge is 0.205 e. The zero-order valence-electron chi connectivity index (χ0n) is 5.93. The molecule has 0 amide bonds. The molecule has 0 aliphatic rings. The first-order chi connectivity index (χ1) is 4.37. The summed E-state index contributed by atoms with van der Waals surface area (Å²) in [4.78, 5) is 0. The highest BCUT2D eigenvalue weighted by molar-refractivity contribution is 14.3. The van der Waals surface area contributed by atoms with Crippen LogP contribution in [0.15, 0.2) is 0 Å². The maximum absolute atomic E-state index is 2.75. The Bertz CT molecular complexity index is 99.8. The molecule has 0 aliphatic carbocycles. The minimum absolute atomic E-state index is 0.853. The van der Waals surface area contributed by atoms with Crippen molar-refractivity contribution in [2.45, 2.75) is 25.9 Å². The van der Waals surface area contributed by atoms with Gasteiger partial charge in [0.15, 0.2) is 0 Å². The lowest BCUT2D eigenvalue weighted by Crippen LogP contribution is -2.43. The molecular weight excluding hydrogens is 612 g/mol. The topological polar surface area (TPSA) is 0 Å². The summed E-state index contributed by atoms with van der Waals surface area (Å²) >= 11 is 11.0. The lowest BCUT2D eigenvalue weighted by atomic mass is 11.0. The van der Waals surface area contributed by atoms with E-state index in [1.165, 1.54) is 12.1 Å². The van der Waals surface area contributed by atoms with E-state index >= 15 is 0 Å². The van der Waals surface area contributed by atoms with Crippen LogP contribution in [0.5, 0.6) is 0 Å². The number of hydrogen-bond acceptors (Lipinski definition) is 0. The first-order valence-corrected chi connectivity index (χ1v) is 21.0. The number of rotatable bonds is 3. The van der Waals surface area contributed by atoms with E-state index in [1.807, 2.05) is 0 Å². The molecule has 0 unspecified atom stereocenters. The minimum atomic E-state index is -0.853. The summed E-state index contributed by atoms with van der Waals surface area (Å²) in [5.41, 5.74) is 0. The second-order valence-corrected chi connectivity index (χ2v) is 58.2. The van der Waals surface area contributed by atoms with Crippen LogP contribution in [-0.2, 0) is 0 Å². The van der Waals surface area contributed by atoms with Crippen molar-refractivity contribution in [2.75, 3.05) is 0 Å². The molecule has 0 aromatic rings. The van der Waals surface area contributed by atoms with Gasteiger partial charge in [-0.15, -0.1) is 87.2 Å². The summed E-state index contributed by atoms with van der Waals surface area (Å²) in [7, 11) is 0. The highest BCUT2D eigenvalue weighted by Gasteiger charge is 2.46. The van der Waals surface area contributed by atoms with Gasteiger partial charge in [-0.2, -0.15) is 0 Å². The van der Waals surface area contributed by atoms with Crippen molar-refractivity contribution >= 4 is 92.4 Å². The predicted octanol–water partition coefficient (Wildman–Crippen LogP) is 4.73. The van der Waals surface area contributed by atoms with Gasteiger partial charge >= 0.3 is 0 Å². The molecule has 0 fully saturated rings. The molecule has 0 atom stereocenters. The molecule has 0 saturated heterocycles. The number of hydrogen-bond donors (Lipinski definition) is 0. The van der Waals surface area contributed by atoms with Crippen molar-refractivity contribution < 1.29 is 0 Å². The molecule has 0 aliphatic heterocycles. The van der Waals surface area contributed by atoms with Gasteiger partial charge in [0.05, 0.1) is 0 Å².